The van der Waals surface area contributed by atoms with Gasteiger partial charge in [0.2, 0.25) is 11.8 Å². The number of amides is 2. The molecule has 4 rings (SSSR count). The van der Waals surface area contributed by atoms with E-state index in [0.29, 0.717) is 17.1 Å². The predicted molar refractivity (Wildman–Crippen MR) is 130 cm³/mol. The summed E-state index contributed by atoms with van der Waals surface area (Å²) in [5.74, 6) is -0.391. The fourth-order valence-corrected chi connectivity index (χ4v) is 3.79. The third-order valence-corrected chi connectivity index (χ3v) is 5.69. The van der Waals surface area contributed by atoms with Gasteiger partial charge in [0.05, 0.1) is 23.5 Å². The van der Waals surface area contributed by atoms with Crippen molar-refractivity contribution in [3.05, 3.63) is 89.5 Å². The van der Waals surface area contributed by atoms with Gasteiger partial charge in [0.25, 0.3) is 0 Å². The molecule has 0 saturated carbocycles. The SMILES string of the molecule is CCc1ccc(NC(=O)CN2C(=O)CC(c3ccc(CC)cc3)=Nc3ccccc32)cc1. The van der Waals surface area contributed by atoms with Crippen LogP contribution in [-0.4, -0.2) is 24.1 Å². The molecule has 0 radical (unpaired) electrons. The van der Waals surface area contributed by atoms with Gasteiger partial charge in [0, 0.05) is 5.69 Å². The van der Waals surface area contributed by atoms with E-state index in [1.807, 2.05) is 60.7 Å². The molecule has 0 fully saturated rings. The van der Waals surface area contributed by atoms with Crippen LogP contribution in [0.3, 0.4) is 0 Å². The number of carbonyl (C=O) groups excluding carboxylic acids is 2. The van der Waals surface area contributed by atoms with E-state index in [1.54, 1.807) is 0 Å². The van der Waals surface area contributed by atoms with Crippen LogP contribution in [-0.2, 0) is 22.4 Å². The molecule has 0 saturated heterocycles. The Labute approximate surface area is 188 Å². The lowest BCUT2D eigenvalue weighted by atomic mass is 10.0. The fourth-order valence-electron chi connectivity index (χ4n) is 3.79. The zero-order valence-electron chi connectivity index (χ0n) is 18.5. The van der Waals surface area contributed by atoms with Crippen molar-refractivity contribution < 1.29 is 9.59 Å². The summed E-state index contributed by atoms with van der Waals surface area (Å²) < 4.78 is 0. The number of aryl methyl sites for hydroxylation is 2. The average Bonchev–Trinajstić information content (AvgIpc) is 2.96. The van der Waals surface area contributed by atoms with Gasteiger partial charge < -0.3 is 10.2 Å². The highest BCUT2D eigenvalue weighted by atomic mass is 16.2. The second-order valence-corrected chi connectivity index (χ2v) is 7.85. The fraction of sp³-hybridized carbons (Fsp3) is 0.222. The van der Waals surface area contributed by atoms with Crippen LogP contribution in [0.4, 0.5) is 17.1 Å². The molecule has 0 bridgehead atoms. The lowest BCUT2D eigenvalue weighted by Crippen LogP contribution is -2.38. The summed E-state index contributed by atoms with van der Waals surface area (Å²) in [4.78, 5) is 32.3. The first-order valence-corrected chi connectivity index (χ1v) is 11.0. The maximum Gasteiger partial charge on any atom is 0.244 e. The molecule has 0 atom stereocenters. The first-order chi connectivity index (χ1) is 15.6. The van der Waals surface area contributed by atoms with Crippen LogP contribution in [0.2, 0.25) is 0 Å². The first kappa shape index (κ1) is 21.5. The van der Waals surface area contributed by atoms with E-state index in [4.69, 9.17) is 4.99 Å². The van der Waals surface area contributed by atoms with Crippen molar-refractivity contribution in [2.24, 2.45) is 4.99 Å². The maximum atomic E-state index is 13.2. The quantitative estimate of drug-likeness (QED) is 0.582. The Morgan fingerprint density at radius 1 is 0.906 bits per heavy atom. The van der Waals surface area contributed by atoms with Crippen molar-refractivity contribution in [2.75, 3.05) is 16.8 Å². The largest absolute Gasteiger partial charge is 0.325 e. The lowest BCUT2D eigenvalue weighted by molar-refractivity contribution is -0.120. The minimum absolute atomic E-state index is 0.0665. The Kier molecular flexibility index (Phi) is 6.45. The number of carbonyl (C=O) groups is 2. The molecule has 1 N–H and O–H groups in total. The zero-order valence-corrected chi connectivity index (χ0v) is 18.5. The summed E-state index contributed by atoms with van der Waals surface area (Å²) in [6, 6.07) is 23.4. The Hall–Kier alpha value is -3.73. The number of aliphatic imine (C=N–C) groups is 1. The van der Waals surface area contributed by atoms with Crippen LogP contribution in [0, 0.1) is 0 Å². The predicted octanol–water partition coefficient (Wildman–Crippen LogP) is 5.31. The monoisotopic (exact) mass is 425 g/mol. The molecule has 1 aliphatic rings. The molecule has 0 unspecified atom stereocenters. The van der Waals surface area contributed by atoms with Gasteiger partial charge >= 0.3 is 0 Å². The minimum Gasteiger partial charge on any atom is -0.325 e. The van der Waals surface area contributed by atoms with E-state index >= 15 is 0 Å². The van der Waals surface area contributed by atoms with Crippen LogP contribution < -0.4 is 10.2 Å². The molecule has 0 spiro atoms. The molecule has 1 heterocycles. The van der Waals surface area contributed by atoms with E-state index in [0.717, 1.165) is 24.1 Å². The van der Waals surface area contributed by atoms with Crippen LogP contribution in [0.15, 0.2) is 77.8 Å². The van der Waals surface area contributed by atoms with Crippen molar-refractivity contribution in [3.63, 3.8) is 0 Å². The van der Waals surface area contributed by atoms with Gasteiger partial charge in [-0.25, -0.2) is 0 Å². The Balaban J connectivity index is 1.56. The van der Waals surface area contributed by atoms with E-state index < -0.39 is 0 Å². The van der Waals surface area contributed by atoms with Gasteiger partial charge in [-0.3, -0.25) is 14.6 Å². The second kappa shape index (κ2) is 9.60. The van der Waals surface area contributed by atoms with Crippen molar-refractivity contribution in [1.82, 2.24) is 0 Å². The van der Waals surface area contributed by atoms with Crippen molar-refractivity contribution in [3.8, 4) is 0 Å². The third-order valence-electron chi connectivity index (χ3n) is 5.69. The lowest BCUT2D eigenvalue weighted by Gasteiger charge is -2.22. The number of benzene rings is 3. The first-order valence-electron chi connectivity index (χ1n) is 11.0. The van der Waals surface area contributed by atoms with Crippen LogP contribution >= 0.6 is 0 Å². The summed E-state index contributed by atoms with van der Waals surface area (Å²) in [6.45, 7) is 4.13. The zero-order chi connectivity index (χ0) is 22.5. The number of hydrogen-bond donors (Lipinski definition) is 1. The summed E-state index contributed by atoms with van der Waals surface area (Å²) in [6.07, 6.45) is 2.04. The average molecular weight is 426 g/mol. The summed E-state index contributed by atoms with van der Waals surface area (Å²) in [5, 5.41) is 2.90. The highest BCUT2D eigenvalue weighted by Crippen LogP contribution is 2.33. The van der Waals surface area contributed by atoms with Crippen molar-refractivity contribution in [2.45, 2.75) is 33.1 Å². The Morgan fingerprint density at radius 2 is 1.53 bits per heavy atom. The molecule has 32 heavy (non-hydrogen) atoms. The number of nitrogens with one attached hydrogen (secondary N) is 1. The number of fused-ring (bicyclic) bond motifs is 1. The van der Waals surface area contributed by atoms with Crippen molar-refractivity contribution >= 4 is 34.6 Å². The van der Waals surface area contributed by atoms with Gasteiger partial charge in [0.1, 0.15) is 6.54 Å². The van der Waals surface area contributed by atoms with E-state index in [-0.39, 0.29) is 24.8 Å². The molecule has 0 aromatic heterocycles. The van der Waals surface area contributed by atoms with Crippen LogP contribution in [0.1, 0.15) is 37.0 Å². The third kappa shape index (κ3) is 4.78. The normalized spacial score (nSPS) is 13.2. The minimum atomic E-state index is -0.242. The Bertz CT molecular complexity index is 1150. The molecular weight excluding hydrogens is 398 g/mol. The number of rotatable bonds is 6. The van der Waals surface area contributed by atoms with Gasteiger partial charge in [-0.2, -0.15) is 0 Å². The maximum absolute atomic E-state index is 13.2. The van der Waals surface area contributed by atoms with E-state index in [9.17, 15) is 9.59 Å². The highest BCUT2D eigenvalue weighted by Gasteiger charge is 2.26. The molecule has 3 aromatic carbocycles. The molecular formula is C27H27N3O2. The van der Waals surface area contributed by atoms with Crippen LogP contribution in [0.25, 0.3) is 0 Å². The van der Waals surface area contributed by atoms with Crippen LogP contribution in [0.5, 0.6) is 0 Å². The standard InChI is InChI=1S/C27H27N3O2/c1-3-19-9-13-21(14-10-19)24-17-27(32)30(25-8-6-5-7-23(25)29-24)18-26(31)28-22-15-11-20(4-2)12-16-22/h5-16H,3-4,17-18H2,1-2H3,(H,28,31). The topological polar surface area (TPSA) is 61.8 Å². The van der Waals surface area contributed by atoms with Crippen molar-refractivity contribution in [1.29, 1.82) is 0 Å². The number of nitrogens with zero attached hydrogens (tertiary/aromatic N) is 2. The summed E-state index contributed by atoms with van der Waals surface area (Å²) in [7, 11) is 0. The molecule has 5 nitrogen and oxygen atoms in total. The summed E-state index contributed by atoms with van der Waals surface area (Å²) in [5.41, 5.74) is 6.13. The summed E-state index contributed by atoms with van der Waals surface area (Å²) >= 11 is 0. The molecule has 1 aliphatic heterocycles. The number of para-hydroxylation sites is 2. The molecule has 2 amide bonds. The van der Waals surface area contributed by atoms with Gasteiger partial charge in [0.15, 0.2) is 0 Å². The second-order valence-electron chi connectivity index (χ2n) is 7.85. The Morgan fingerprint density at radius 3 is 2.19 bits per heavy atom. The van der Waals surface area contributed by atoms with E-state index in [2.05, 4.69) is 31.3 Å². The van der Waals surface area contributed by atoms with E-state index in [1.165, 1.54) is 16.0 Å². The molecule has 3 aromatic rings. The number of hydrogen-bond acceptors (Lipinski definition) is 3. The highest BCUT2D eigenvalue weighted by molar-refractivity contribution is 6.19. The van der Waals surface area contributed by atoms with Gasteiger partial charge in [-0.05, 0) is 53.8 Å². The molecule has 0 aliphatic carbocycles. The van der Waals surface area contributed by atoms with Gasteiger partial charge in [-0.15, -0.1) is 0 Å². The smallest absolute Gasteiger partial charge is 0.244 e. The number of anilines is 2. The molecule has 5 heteroatoms. The van der Waals surface area contributed by atoms with Gasteiger partial charge in [-0.1, -0.05) is 62.4 Å². The molecule has 162 valence electrons.